The molecule has 2 aromatic carbocycles. The van der Waals surface area contributed by atoms with Crippen LogP contribution in [0, 0.1) is 0 Å². The fraction of sp³-hybridized carbons (Fsp3) is 0.452. The molecule has 0 saturated carbocycles. The van der Waals surface area contributed by atoms with Gasteiger partial charge in [0, 0.05) is 59.9 Å². The Labute approximate surface area is 271 Å². The van der Waals surface area contributed by atoms with Crippen molar-refractivity contribution >= 4 is 43.5 Å². The van der Waals surface area contributed by atoms with E-state index >= 15 is 0 Å². The lowest BCUT2D eigenvalue weighted by atomic mass is 10.0. The number of amides is 2. The van der Waals surface area contributed by atoms with Gasteiger partial charge in [-0.3, -0.25) is 4.68 Å². The van der Waals surface area contributed by atoms with E-state index in [4.69, 9.17) is 20.7 Å². The van der Waals surface area contributed by atoms with Crippen LogP contribution >= 0.6 is 15.9 Å². The van der Waals surface area contributed by atoms with Gasteiger partial charge in [-0.15, -0.1) is 0 Å². The van der Waals surface area contributed by atoms with Crippen LogP contribution in [0.2, 0.25) is 0 Å². The van der Waals surface area contributed by atoms with Gasteiger partial charge in [-0.1, -0.05) is 35.0 Å². The molecule has 0 unspecified atom stereocenters. The molecule has 242 valence electrons. The number of anilines is 1. The van der Waals surface area contributed by atoms with Crippen molar-refractivity contribution in [3.8, 4) is 17.0 Å². The van der Waals surface area contributed by atoms with Gasteiger partial charge in [-0.25, -0.2) is 18.0 Å². The van der Waals surface area contributed by atoms with Crippen LogP contribution in [0.4, 0.5) is 10.5 Å². The van der Waals surface area contributed by atoms with Crippen LogP contribution in [0.25, 0.3) is 11.3 Å². The monoisotopic (exact) mass is 702 g/mol. The number of benzene rings is 2. The summed E-state index contributed by atoms with van der Waals surface area (Å²) < 4.78 is 33.5. The van der Waals surface area contributed by atoms with Crippen LogP contribution in [0.3, 0.4) is 0 Å². The van der Waals surface area contributed by atoms with E-state index in [0.717, 1.165) is 72.4 Å². The Bertz CT molecular complexity index is 1640. The zero-order chi connectivity index (χ0) is 32.1. The number of piperidine rings is 1. The number of aromatic nitrogens is 2. The van der Waals surface area contributed by atoms with Crippen LogP contribution < -0.4 is 15.8 Å². The molecule has 0 atom stereocenters. The smallest absolute Gasteiger partial charge is 0.341 e. The summed E-state index contributed by atoms with van der Waals surface area (Å²) in [5.41, 5.74) is 10.2. The Hall–Kier alpha value is -3.62. The first-order valence-corrected chi connectivity index (χ1v) is 17.6. The molecule has 45 heavy (non-hydrogen) atoms. The molecule has 0 spiro atoms. The van der Waals surface area contributed by atoms with Gasteiger partial charge in [0.25, 0.3) is 0 Å². The molecular weight excluding hydrogens is 664 g/mol. The minimum atomic E-state index is -3.43. The van der Waals surface area contributed by atoms with Crippen LogP contribution in [0.5, 0.6) is 5.75 Å². The number of sulfone groups is 1. The lowest BCUT2D eigenvalue weighted by Crippen LogP contribution is -2.40. The number of carboxylic acids is 1. The lowest BCUT2D eigenvalue weighted by molar-refractivity contribution is -0.139. The van der Waals surface area contributed by atoms with E-state index in [-0.39, 0.29) is 16.7 Å². The Morgan fingerprint density at radius 1 is 1.11 bits per heavy atom. The maximum atomic E-state index is 12.5. The number of carbonyl (C=O) groups is 2. The number of nitrogens with one attached hydrogen (secondary N) is 1. The first-order valence-electron chi connectivity index (χ1n) is 15.1. The van der Waals surface area contributed by atoms with Gasteiger partial charge in [0.05, 0.1) is 28.6 Å². The number of hydrogen-bond acceptors (Lipinski definition) is 8. The summed E-state index contributed by atoms with van der Waals surface area (Å²) in [5, 5.41) is 17.5. The van der Waals surface area contributed by atoms with E-state index in [9.17, 15) is 18.0 Å². The number of rotatable bonds is 12. The first kappa shape index (κ1) is 32.8. The van der Waals surface area contributed by atoms with E-state index in [2.05, 4.69) is 30.8 Å². The summed E-state index contributed by atoms with van der Waals surface area (Å²) in [6.07, 6.45) is 3.31. The van der Waals surface area contributed by atoms with E-state index < -0.39 is 28.4 Å². The zero-order valence-corrected chi connectivity index (χ0v) is 27.6. The maximum absolute atomic E-state index is 12.5. The summed E-state index contributed by atoms with van der Waals surface area (Å²) in [6.45, 7) is 5.50. The van der Waals surface area contributed by atoms with Crippen molar-refractivity contribution in [2.75, 3.05) is 43.9 Å². The highest BCUT2D eigenvalue weighted by Gasteiger charge is 2.28. The van der Waals surface area contributed by atoms with Gasteiger partial charge >= 0.3 is 12.0 Å². The second kappa shape index (κ2) is 14.2. The third-order valence-electron chi connectivity index (χ3n) is 8.40. The predicted molar refractivity (Wildman–Crippen MR) is 174 cm³/mol. The topological polar surface area (TPSA) is 160 Å². The molecule has 0 aliphatic carbocycles. The molecule has 4 N–H and O–H groups in total. The number of ether oxygens (including phenoxy) is 1. The SMILES string of the molecule is CCS(=O)(=O)c1ccc(OCC(=O)O)c(NC2CCN(CCCn3nc(-c4ccc(Br)cc4)c4c3CCN(C(N)=O)C4)CC2)c1. The third kappa shape index (κ3) is 7.97. The second-order valence-electron chi connectivity index (χ2n) is 11.4. The van der Waals surface area contributed by atoms with Gasteiger partial charge in [-0.2, -0.15) is 5.10 Å². The van der Waals surface area contributed by atoms with Crippen molar-refractivity contribution in [3.05, 3.63) is 58.2 Å². The van der Waals surface area contributed by atoms with Gasteiger partial charge < -0.3 is 30.7 Å². The average molecular weight is 704 g/mol. The Kier molecular flexibility index (Phi) is 10.3. The van der Waals surface area contributed by atoms with Gasteiger partial charge in [0.15, 0.2) is 16.4 Å². The standard InChI is InChI=1S/C31H39BrN6O6S/c1-2-45(42,43)24-8-9-28(44-20-29(39)40)26(18-24)34-23-10-15-36(16-11-23)13-3-14-38-27-12-17-37(31(33)41)19-25(27)30(35-38)21-4-6-22(32)7-5-21/h4-9,18,23,34H,2-3,10-17,19-20H2,1H3,(H2,33,41)(H,39,40). The average Bonchev–Trinajstić information content (AvgIpc) is 3.39. The molecule has 1 saturated heterocycles. The van der Waals surface area contributed by atoms with Crippen molar-refractivity contribution in [2.45, 2.75) is 56.6 Å². The largest absolute Gasteiger partial charge is 0.480 e. The number of carboxylic acid groups (broad SMARTS) is 1. The summed E-state index contributed by atoms with van der Waals surface area (Å²) >= 11 is 3.49. The minimum absolute atomic E-state index is 0.0289. The highest BCUT2D eigenvalue weighted by atomic mass is 79.9. The molecule has 0 bridgehead atoms. The van der Waals surface area contributed by atoms with E-state index in [0.29, 0.717) is 30.9 Å². The van der Waals surface area contributed by atoms with Gasteiger partial charge in [0.1, 0.15) is 5.75 Å². The minimum Gasteiger partial charge on any atom is -0.480 e. The molecule has 5 rings (SSSR count). The molecule has 0 radical (unpaired) electrons. The normalized spacial score (nSPS) is 15.9. The van der Waals surface area contributed by atoms with Gasteiger partial charge in [-0.05, 0) is 56.1 Å². The number of hydrogen-bond donors (Lipinski definition) is 3. The molecule has 12 nitrogen and oxygen atoms in total. The number of fused-ring (bicyclic) bond motifs is 1. The molecule has 1 fully saturated rings. The van der Waals surface area contributed by atoms with Crippen LogP contribution in [-0.2, 0) is 34.1 Å². The lowest BCUT2D eigenvalue weighted by Gasteiger charge is -2.33. The third-order valence-corrected chi connectivity index (χ3v) is 10.7. The summed E-state index contributed by atoms with van der Waals surface area (Å²) in [5.74, 6) is -0.815. The number of aryl methyl sites for hydroxylation is 1. The van der Waals surface area contributed by atoms with Crippen molar-refractivity contribution < 1.29 is 27.9 Å². The predicted octanol–water partition coefficient (Wildman–Crippen LogP) is 3.97. The highest BCUT2D eigenvalue weighted by Crippen LogP contribution is 2.32. The molecular formula is C31H39BrN6O6S. The number of likely N-dealkylation sites (tertiary alicyclic amines) is 1. The first-order chi connectivity index (χ1) is 21.5. The van der Waals surface area contributed by atoms with Crippen LogP contribution in [-0.4, -0.2) is 89.7 Å². The number of aliphatic carboxylic acids is 1. The van der Waals surface area contributed by atoms with Crippen molar-refractivity contribution in [1.82, 2.24) is 19.6 Å². The maximum Gasteiger partial charge on any atom is 0.341 e. The molecule has 1 aromatic heterocycles. The number of carbonyl (C=O) groups excluding carboxylic acids is 1. The Morgan fingerprint density at radius 2 is 1.84 bits per heavy atom. The zero-order valence-electron chi connectivity index (χ0n) is 25.2. The molecule has 2 aliphatic rings. The molecule has 2 aliphatic heterocycles. The highest BCUT2D eigenvalue weighted by molar-refractivity contribution is 9.10. The molecule has 3 aromatic rings. The van der Waals surface area contributed by atoms with E-state index in [1.54, 1.807) is 17.9 Å². The number of urea groups is 1. The fourth-order valence-electron chi connectivity index (χ4n) is 5.92. The molecule has 14 heteroatoms. The Balaban J connectivity index is 1.20. The summed E-state index contributed by atoms with van der Waals surface area (Å²) in [6, 6.07) is 12.2. The van der Waals surface area contributed by atoms with Gasteiger partial charge in [0.2, 0.25) is 0 Å². The van der Waals surface area contributed by atoms with E-state index in [1.165, 1.54) is 12.1 Å². The number of primary amides is 1. The second-order valence-corrected chi connectivity index (χ2v) is 14.6. The van der Waals surface area contributed by atoms with Crippen LogP contribution in [0.1, 0.15) is 37.4 Å². The summed E-state index contributed by atoms with van der Waals surface area (Å²) in [4.78, 5) is 27.3. The van der Waals surface area contributed by atoms with Crippen molar-refractivity contribution in [3.63, 3.8) is 0 Å². The number of nitrogens with zero attached hydrogens (tertiary/aromatic N) is 4. The molecule has 3 heterocycles. The fourth-order valence-corrected chi connectivity index (χ4v) is 7.09. The Morgan fingerprint density at radius 3 is 2.51 bits per heavy atom. The van der Waals surface area contributed by atoms with Crippen LogP contribution in [0.15, 0.2) is 51.8 Å². The number of halogens is 1. The summed E-state index contributed by atoms with van der Waals surface area (Å²) in [7, 11) is -3.43. The quantitative estimate of drug-likeness (QED) is 0.254. The molecule has 2 amide bonds. The van der Waals surface area contributed by atoms with Crippen molar-refractivity contribution in [1.29, 1.82) is 0 Å². The van der Waals surface area contributed by atoms with Crippen molar-refractivity contribution in [2.24, 2.45) is 5.73 Å². The van der Waals surface area contributed by atoms with E-state index in [1.807, 2.05) is 24.3 Å². The number of nitrogens with two attached hydrogens (primary N) is 1.